The topological polar surface area (TPSA) is 81.0 Å². The Bertz CT molecular complexity index is 548. The van der Waals surface area contributed by atoms with E-state index < -0.39 is 5.69 Å². The average Bonchev–Trinajstić information content (AvgIpc) is 2.26. The fourth-order valence-corrected chi connectivity index (χ4v) is 1.48. The first-order chi connectivity index (χ1) is 7.24. The van der Waals surface area contributed by atoms with Gasteiger partial charge in [0.05, 0.1) is 12.6 Å². The summed E-state index contributed by atoms with van der Waals surface area (Å²) in [6.07, 6.45) is 0. The van der Waals surface area contributed by atoms with Crippen LogP contribution in [0.3, 0.4) is 0 Å². The largest absolute Gasteiger partial charge is 0.497 e. The van der Waals surface area contributed by atoms with Crippen LogP contribution in [0.4, 0.5) is 0 Å². The zero-order valence-electron chi connectivity index (χ0n) is 8.28. The first-order valence-corrected chi connectivity index (χ1v) is 4.51. The zero-order chi connectivity index (χ0) is 10.8. The van der Waals surface area contributed by atoms with Gasteiger partial charge in [-0.15, -0.1) is 0 Å². The first-order valence-electron chi connectivity index (χ1n) is 4.51. The summed E-state index contributed by atoms with van der Waals surface area (Å²) in [7, 11) is 1.57. The van der Waals surface area contributed by atoms with Gasteiger partial charge < -0.3 is 15.5 Å². The van der Waals surface area contributed by atoms with Crippen molar-refractivity contribution < 1.29 is 4.74 Å². The second-order valence-corrected chi connectivity index (χ2v) is 3.11. The van der Waals surface area contributed by atoms with E-state index in [0.29, 0.717) is 17.0 Å². The second-order valence-electron chi connectivity index (χ2n) is 3.11. The average molecular weight is 205 g/mol. The van der Waals surface area contributed by atoms with E-state index in [0.717, 1.165) is 5.39 Å². The van der Waals surface area contributed by atoms with Crippen LogP contribution in [0.1, 0.15) is 5.69 Å². The predicted octanol–water partition coefficient (Wildman–Crippen LogP) is 0.390. The molecule has 0 radical (unpaired) electrons. The number of fused-ring (bicyclic) bond motifs is 1. The lowest BCUT2D eigenvalue weighted by atomic mass is 10.2. The Kier molecular flexibility index (Phi) is 2.39. The molecule has 1 aromatic carbocycles. The Labute approximate surface area is 85.9 Å². The van der Waals surface area contributed by atoms with Gasteiger partial charge in [0, 0.05) is 23.7 Å². The number of ether oxygens (including phenoxy) is 1. The molecule has 2 rings (SSSR count). The van der Waals surface area contributed by atoms with Crippen LogP contribution >= 0.6 is 0 Å². The maximum Gasteiger partial charge on any atom is 0.345 e. The number of benzene rings is 1. The van der Waals surface area contributed by atoms with E-state index in [9.17, 15) is 4.79 Å². The molecule has 5 nitrogen and oxygen atoms in total. The molecule has 0 unspecified atom stereocenters. The molecule has 0 amide bonds. The molecule has 0 bridgehead atoms. The van der Waals surface area contributed by atoms with Crippen molar-refractivity contribution in [2.75, 3.05) is 7.11 Å². The summed E-state index contributed by atoms with van der Waals surface area (Å²) in [6.45, 7) is 0.278. The molecule has 2 aromatic rings. The summed E-state index contributed by atoms with van der Waals surface area (Å²) in [5.41, 5.74) is 6.42. The van der Waals surface area contributed by atoms with Gasteiger partial charge in [-0.25, -0.2) is 4.79 Å². The van der Waals surface area contributed by atoms with E-state index in [-0.39, 0.29) is 6.54 Å². The van der Waals surface area contributed by atoms with E-state index >= 15 is 0 Å². The molecule has 0 aliphatic rings. The van der Waals surface area contributed by atoms with Crippen molar-refractivity contribution >= 4 is 10.9 Å². The molecule has 0 saturated carbocycles. The number of H-pyrrole nitrogens is 1. The van der Waals surface area contributed by atoms with Gasteiger partial charge in [-0.3, -0.25) is 0 Å². The smallest absolute Gasteiger partial charge is 0.345 e. The molecule has 0 aliphatic heterocycles. The van der Waals surface area contributed by atoms with Gasteiger partial charge in [0.1, 0.15) is 5.75 Å². The Morgan fingerprint density at radius 1 is 1.53 bits per heavy atom. The van der Waals surface area contributed by atoms with Crippen LogP contribution in [0.2, 0.25) is 0 Å². The third-order valence-electron chi connectivity index (χ3n) is 2.21. The molecule has 1 heterocycles. The highest BCUT2D eigenvalue weighted by atomic mass is 16.5. The van der Waals surface area contributed by atoms with Gasteiger partial charge in [-0.05, 0) is 12.1 Å². The molecular weight excluding hydrogens is 194 g/mol. The van der Waals surface area contributed by atoms with Gasteiger partial charge in [0.25, 0.3) is 0 Å². The van der Waals surface area contributed by atoms with E-state index in [1.165, 1.54) is 0 Å². The van der Waals surface area contributed by atoms with Gasteiger partial charge >= 0.3 is 5.69 Å². The van der Waals surface area contributed by atoms with E-state index in [2.05, 4.69) is 9.97 Å². The Hall–Kier alpha value is -1.88. The predicted molar refractivity (Wildman–Crippen MR) is 56.8 cm³/mol. The monoisotopic (exact) mass is 205 g/mol. The van der Waals surface area contributed by atoms with Gasteiger partial charge in [-0.2, -0.15) is 4.98 Å². The van der Waals surface area contributed by atoms with Crippen molar-refractivity contribution in [1.29, 1.82) is 0 Å². The Morgan fingerprint density at radius 2 is 2.33 bits per heavy atom. The highest BCUT2D eigenvalue weighted by molar-refractivity contribution is 5.81. The quantitative estimate of drug-likeness (QED) is 0.743. The summed E-state index contributed by atoms with van der Waals surface area (Å²) in [4.78, 5) is 17.7. The van der Waals surface area contributed by atoms with Crippen molar-refractivity contribution in [3.8, 4) is 5.75 Å². The van der Waals surface area contributed by atoms with Gasteiger partial charge in [0.2, 0.25) is 0 Å². The lowest BCUT2D eigenvalue weighted by molar-refractivity contribution is 0.415. The van der Waals surface area contributed by atoms with E-state index in [1.807, 2.05) is 12.1 Å². The highest BCUT2D eigenvalue weighted by Crippen LogP contribution is 2.19. The number of nitrogens with zero attached hydrogens (tertiary/aromatic N) is 1. The minimum Gasteiger partial charge on any atom is -0.497 e. The lowest BCUT2D eigenvalue weighted by Crippen LogP contribution is -2.15. The van der Waals surface area contributed by atoms with E-state index in [4.69, 9.17) is 10.5 Å². The molecule has 78 valence electrons. The molecule has 3 N–H and O–H groups in total. The maximum absolute atomic E-state index is 11.2. The van der Waals surface area contributed by atoms with Crippen LogP contribution in [-0.4, -0.2) is 17.1 Å². The zero-order valence-corrected chi connectivity index (χ0v) is 8.28. The van der Waals surface area contributed by atoms with Crippen molar-refractivity contribution in [3.63, 3.8) is 0 Å². The summed E-state index contributed by atoms with van der Waals surface area (Å²) < 4.78 is 5.05. The number of methoxy groups -OCH3 is 1. The van der Waals surface area contributed by atoms with Crippen molar-refractivity contribution in [2.45, 2.75) is 6.54 Å². The summed E-state index contributed by atoms with van der Waals surface area (Å²) in [6, 6.07) is 5.35. The highest BCUT2D eigenvalue weighted by Gasteiger charge is 2.04. The summed E-state index contributed by atoms with van der Waals surface area (Å²) in [5, 5.41) is 0.845. The van der Waals surface area contributed by atoms with Crippen LogP contribution in [0.25, 0.3) is 10.9 Å². The van der Waals surface area contributed by atoms with Gasteiger partial charge in [0.15, 0.2) is 0 Å². The summed E-state index contributed by atoms with van der Waals surface area (Å²) in [5.74, 6) is 0.670. The molecule has 0 fully saturated rings. The van der Waals surface area contributed by atoms with Crippen LogP contribution in [-0.2, 0) is 6.54 Å². The molecule has 0 spiro atoms. The minimum absolute atomic E-state index is 0.278. The standard InChI is InChI=1S/C10H11N3O2/c1-15-6-2-3-7-8(4-6)12-10(14)13-9(7)5-11/h2-4H,5,11H2,1H3,(H,12,13,14). The van der Waals surface area contributed by atoms with Crippen molar-refractivity contribution in [1.82, 2.24) is 9.97 Å². The third-order valence-corrected chi connectivity index (χ3v) is 2.21. The van der Waals surface area contributed by atoms with Crippen LogP contribution in [0, 0.1) is 0 Å². The van der Waals surface area contributed by atoms with Crippen molar-refractivity contribution in [2.24, 2.45) is 5.73 Å². The molecule has 0 saturated heterocycles. The number of hydrogen-bond donors (Lipinski definition) is 2. The number of rotatable bonds is 2. The second kappa shape index (κ2) is 3.70. The fraction of sp³-hybridized carbons (Fsp3) is 0.200. The number of nitrogens with one attached hydrogen (secondary N) is 1. The lowest BCUT2D eigenvalue weighted by Gasteiger charge is -2.04. The van der Waals surface area contributed by atoms with Crippen molar-refractivity contribution in [3.05, 3.63) is 34.4 Å². The number of aromatic nitrogens is 2. The number of hydrogen-bond acceptors (Lipinski definition) is 4. The minimum atomic E-state index is -0.392. The first kappa shape index (κ1) is 9.67. The Morgan fingerprint density at radius 3 is 3.00 bits per heavy atom. The van der Waals surface area contributed by atoms with Crippen LogP contribution in [0.15, 0.2) is 23.0 Å². The SMILES string of the molecule is COc1ccc2c(CN)[nH]c(=O)nc2c1. The van der Waals surface area contributed by atoms with Crippen LogP contribution in [0.5, 0.6) is 5.75 Å². The van der Waals surface area contributed by atoms with Gasteiger partial charge in [-0.1, -0.05) is 0 Å². The molecule has 0 aliphatic carbocycles. The molecule has 1 aromatic heterocycles. The molecule has 0 atom stereocenters. The molecular formula is C10H11N3O2. The molecule has 15 heavy (non-hydrogen) atoms. The number of aromatic amines is 1. The fourth-order valence-electron chi connectivity index (χ4n) is 1.48. The number of nitrogens with two attached hydrogens (primary N) is 1. The molecule has 5 heteroatoms. The van der Waals surface area contributed by atoms with E-state index in [1.54, 1.807) is 13.2 Å². The Balaban J connectivity index is 2.78. The normalized spacial score (nSPS) is 10.5. The van der Waals surface area contributed by atoms with Crippen LogP contribution < -0.4 is 16.2 Å². The third kappa shape index (κ3) is 1.69. The maximum atomic E-state index is 11.2. The summed E-state index contributed by atoms with van der Waals surface area (Å²) >= 11 is 0.